The molecule has 0 radical (unpaired) electrons. The van der Waals surface area contributed by atoms with E-state index in [0.29, 0.717) is 19.1 Å². The summed E-state index contributed by atoms with van der Waals surface area (Å²) in [6, 6.07) is 5.13. The average Bonchev–Trinajstić information content (AvgIpc) is 3.40. The van der Waals surface area contributed by atoms with E-state index >= 15 is 0 Å². The molecule has 3 N–H and O–H groups in total. The lowest BCUT2D eigenvalue weighted by molar-refractivity contribution is -0.158. The zero-order valence-electron chi connectivity index (χ0n) is 14.1. The van der Waals surface area contributed by atoms with Gasteiger partial charge in [0.05, 0.1) is 18.6 Å². The van der Waals surface area contributed by atoms with Crippen LogP contribution in [-0.2, 0) is 14.3 Å². The normalized spacial score (nSPS) is 20.9. The first-order valence-corrected chi connectivity index (χ1v) is 8.49. The van der Waals surface area contributed by atoms with E-state index in [2.05, 4.69) is 10.6 Å². The van der Waals surface area contributed by atoms with Gasteiger partial charge in [0.1, 0.15) is 5.82 Å². The van der Waals surface area contributed by atoms with Gasteiger partial charge in [-0.15, -0.1) is 0 Å². The highest BCUT2D eigenvalue weighted by Crippen LogP contribution is 2.34. The summed E-state index contributed by atoms with van der Waals surface area (Å²) < 4.78 is 18.3. The van der Waals surface area contributed by atoms with Crippen LogP contribution in [0.4, 0.5) is 4.39 Å². The van der Waals surface area contributed by atoms with Crippen LogP contribution in [0, 0.1) is 17.2 Å². The number of carbonyl (C=O) groups is 2. The first-order chi connectivity index (χ1) is 11.9. The summed E-state index contributed by atoms with van der Waals surface area (Å²) in [5.74, 6) is -0.858. The van der Waals surface area contributed by atoms with E-state index in [1.165, 1.54) is 18.2 Å². The molecule has 1 aromatic carbocycles. The quantitative estimate of drug-likeness (QED) is 0.682. The summed E-state index contributed by atoms with van der Waals surface area (Å²) in [6.07, 6.45) is 0.560. The third kappa shape index (κ3) is 4.16. The highest BCUT2D eigenvalue weighted by molar-refractivity contribution is 5.84. The van der Waals surface area contributed by atoms with Crippen LogP contribution in [0.15, 0.2) is 24.3 Å². The summed E-state index contributed by atoms with van der Waals surface area (Å²) in [5.41, 5.74) is -0.304. The van der Waals surface area contributed by atoms with Gasteiger partial charge in [0, 0.05) is 12.6 Å². The SMILES string of the molecule is CC1(C(=O)NC(CNC(=O)C(O)c2cccc(F)c2)C2CC2)COC1. The standard InChI is InChI=1S/C18H23FN2O4/c1-18(9-25-10-18)17(24)21-14(11-5-6-11)8-20-16(23)15(22)12-3-2-4-13(19)7-12/h2-4,7,11,14-15,22H,5-6,8-10H2,1H3,(H,20,23)(H,21,24). The fourth-order valence-electron chi connectivity index (χ4n) is 2.85. The van der Waals surface area contributed by atoms with E-state index in [4.69, 9.17) is 4.74 Å². The smallest absolute Gasteiger partial charge is 0.253 e. The summed E-state index contributed by atoms with van der Waals surface area (Å²) in [7, 11) is 0. The maximum Gasteiger partial charge on any atom is 0.253 e. The lowest BCUT2D eigenvalue weighted by Crippen LogP contribution is -2.56. The Hall–Kier alpha value is -1.99. The van der Waals surface area contributed by atoms with E-state index in [0.717, 1.165) is 18.9 Å². The van der Waals surface area contributed by atoms with Gasteiger partial charge in [-0.05, 0) is 43.4 Å². The number of benzene rings is 1. The molecular formula is C18H23FN2O4. The molecule has 1 aromatic rings. The zero-order valence-corrected chi connectivity index (χ0v) is 14.1. The fourth-order valence-corrected chi connectivity index (χ4v) is 2.85. The number of hydrogen-bond acceptors (Lipinski definition) is 4. The Labute approximate surface area is 145 Å². The van der Waals surface area contributed by atoms with Crippen LogP contribution in [0.1, 0.15) is 31.4 Å². The summed E-state index contributed by atoms with van der Waals surface area (Å²) in [6.45, 7) is 2.89. The number of rotatable bonds is 7. The zero-order chi connectivity index (χ0) is 18.0. The largest absolute Gasteiger partial charge is 0.379 e. The van der Waals surface area contributed by atoms with Crippen LogP contribution in [0.2, 0.25) is 0 Å². The summed E-state index contributed by atoms with van der Waals surface area (Å²) in [5, 5.41) is 15.7. The molecule has 2 atom stereocenters. The molecule has 1 saturated heterocycles. The maximum atomic E-state index is 13.2. The van der Waals surface area contributed by atoms with E-state index in [1.807, 2.05) is 6.92 Å². The molecule has 1 heterocycles. The van der Waals surface area contributed by atoms with Gasteiger partial charge in [-0.25, -0.2) is 4.39 Å². The van der Waals surface area contributed by atoms with E-state index < -0.39 is 23.2 Å². The Balaban J connectivity index is 1.54. The molecule has 1 aliphatic carbocycles. The molecule has 1 saturated carbocycles. The van der Waals surface area contributed by atoms with Gasteiger partial charge in [0.25, 0.3) is 5.91 Å². The van der Waals surface area contributed by atoms with E-state index in [1.54, 1.807) is 0 Å². The van der Waals surface area contributed by atoms with E-state index in [9.17, 15) is 19.1 Å². The number of nitrogens with one attached hydrogen (secondary N) is 2. The van der Waals surface area contributed by atoms with Gasteiger partial charge in [0.2, 0.25) is 5.91 Å². The topological polar surface area (TPSA) is 87.7 Å². The highest BCUT2D eigenvalue weighted by Gasteiger charge is 2.43. The summed E-state index contributed by atoms with van der Waals surface area (Å²) >= 11 is 0. The Morgan fingerprint density at radius 3 is 2.68 bits per heavy atom. The summed E-state index contributed by atoms with van der Waals surface area (Å²) in [4.78, 5) is 24.5. The molecular weight excluding hydrogens is 327 g/mol. The monoisotopic (exact) mass is 350 g/mol. The third-order valence-electron chi connectivity index (χ3n) is 4.81. The third-order valence-corrected chi connectivity index (χ3v) is 4.81. The van der Waals surface area contributed by atoms with Crippen LogP contribution < -0.4 is 10.6 Å². The number of aliphatic hydroxyl groups excluding tert-OH is 1. The predicted molar refractivity (Wildman–Crippen MR) is 88.0 cm³/mol. The lowest BCUT2D eigenvalue weighted by atomic mass is 9.87. The fraction of sp³-hybridized carbons (Fsp3) is 0.556. The van der Waals surface area contributed by atoms with Crippen molar-refractivity contribution >= 4 is 11.8 Å². The number of carbonyl (C=O) groups excluding carboxylic acids is 2. The lowest BCUT2D eigenvalue weighted by Gasteiger charge is -2.37. The molecule has 25 heavy (non-hydrogen) atoms. The van der Waals surface area contributed by atoms with Crippen LogP contribution in [0.3, 0.4) is 0 Å². The number of ether oxygens (including phenoxy) is 1. The second kappa shape index (κ2) is 7.09. The first-order valence-electron chi connectivity index (χ1n) is 8.49. The van der Waals surface area contributed by atoms with Crippen LogP contribution in [0.5, 0.6) is 0 Å². The molecule has 0 aromatic heterocycles. The van der Waals surface area contributed by atoms with Crippen LogP contribution in [0.25, 0.3) is 0 Å². The van der Waals surface area contributed by atoms with Crippen molar-refractivity contribution in [3.63, 3.8) is 0 Å². The van der Waals surface area contributed by atoms with Crippen LogP contribution >= 0.6 is 0 Å². The van der Waals surface area contributed by atoms with Crippen molar-refractivity contribution in [1.29, 1.82) is 0 Å². The Morgan fingerprint density at radius 2 is 2.12 bits per heavy atom. The second-order valence-electron chi connectivity index (χ2n) is 7.17. The molecule has 2 fully saturated rings. The minimum Gasteiger partial charge on any atom is -0.379 e. The molecule has 2 aliphatic rings. The maximum absolute atomic E-state index is 13.2. The van der Waals surface area contributed by atoms with Crippen molar-refractivity contribution in [2.75, 3.05) is 19.8 Å². The molecule has 7 heteroatoms. The molecule has 2 unspecified atom stereocenters. The molecule has 0 bridgehead atoms. The number of amides is 2. The van der Waals surface area contributed by atoms with Crippen molar-refractivity contribution < 1.29 is 23.8 Å². The van der Waals surface area contributed by atoms with Gasteiger partial charge < -0.3 is 20.5 Å². The first kappa shape index (κ1) is 17.8. The minimum atomic E-state index is -1.44. The molecule has 1 aliphatic heterocycles. The number of aliphatic hydroxyl groups is 1. The van der Waals surface area contributed by atoms with Gasteiger partial charge in [0.15, 0.2) is 6.10 Å². The predicted octanol–water partition coefficient (Wildman–Crippen LogP) is 0.907. The van der Waals surface area contributed by atoms with Crippen molar-refractivity contribution in [2.45, 2.75) is 31.9 Å². The molecule has 136 valence electrons. The number of halogens is 1. The van der Waals surface area contributed by atoms with Crippen molar-refractivity contribution in [2.24, 2.45) is 11.3 Å². The van der Waals surface area contributed by atoms with Crippen molar-refractivity contribution in [1.82, 2.24) is 10.6 Å². The Kier molecular flexibility index (Phi) is 5.06. The van der Waals surface area contributed by atoms with Gasteiger partial charge in [-0.2, -0.15) is 0 Å². The molecule has 3 rings (SSSR count). The van der Waals surface area contributed by atoms with Gasteiger partial charge in [-0.1, -0.05) is 12.1 Å². The number of hydrogen-bond donors (Lipinski definition) is 3. The van der Waals surface area contributed by atoms with E-state index in [-0.39, 0.29) is 24.1 Å². The Morgan fingerprint density at radius 1 is 1.40 bits per heavy atom. The molecule has 0 spiro atoms. The highest BCUT2D eigenvalue weighted by atomic mass is 19.1. The molecule has 6 nitrogen and oxygen atoms in total. The molecule has 2 amide bonds. The van der Waals surface area contributed by atoms with Crippen molar-refractivity contribution in [3.8, 4) is 0 Å². The average molecular weight is 350 g/mol. The van der Waals surface area contributed by atoms with Gasteiger partial charge in [-0.3, -0.25) is 9.59 Å². The second-order valence-corrected chi connectivity index (χ2v) is 7.17. The van der Waals surface area contributed by atoms with Gasteiger partial charge >= 0.3 is 0 Å². The van der Waals surface area contributed by atoms with Crippen LogP contribution in [-0.4, -0.2) is 42.7 Å². The minimum absolute atomic E-state index is 0.0735. The Bertz CT molecular complexity index is 658. The van der Waals surface area contributed by atoms with Crippen molar-refractivity contribution in [3.05, 3.63) is 35.6 Å².